The van der Waals surface area contributed by atoms with Crippen LogP contribution in [0.3, 0.4) is 0 Å². The Morgan fingerprint density at radius 2 is 2.06 bits per heavy atom. The van der Waals surface area contributed by atoms with E-state index in [1.54, 1.807) is 24.3 Å². The topological polar surface area (TPSA) is 74.5 Å². The monoisotopic (exact) mass is 296 g/mol. The number of urea groups is 1. The van der Waals surface area contributed by atoms with E-state index in [0.29, 0.717) is 16.2 Å². The van der Waals surface area contributed by atoms with Gasteiger partial charge in [-0.1, -0.05) is 6.07 Å². The third kappa shape index (κ3) is 3.25. The molecule has 0 saturated heterocycles. The van der Waals surface area contributed by atoms with E-state index >= 15 is 0 Å². The van der Waals surface area contributed by atoms with Gasteiger partial charge in [0.15, 0.2) is 4.67 Å². The lowest BCUT2D eigenvalue weighted by Crippen LogP contribution is -2.18. The molecular formula is C11H9BrN2O3. The number of halogens is 1. The second-order valence-corrected chi connectivity index (χ2v) is 4.01. The molecule has 3 N–H and O–H groups in total. The van der Waals surface area contributed by atoms with Crippen LogP contribution in [0.2, 0.25) is 0 Å². The van der Waals surface area contributed by atoms with Crippen LogP contribution >= 0.6 is 15.9 Å². The van der Waals surface area contributed by atoms with E-state index in [-0.39, 0.29) is 5.75 Å². The number of hydrogen-bond donors (Lipinski definition) is 3. The molecule has 0 saturated carbocycles. The molecule has 0 aliphatic rings. The van der Waals surface area contributed by atoms with Crippen molar-refractivity contribution in [1.29, 1.82) is 0 Å². The first-order chi connectivity index (χ1) is 8.13. The summed E-state index contributed by atoms with van der Waals surface area (Å²) >= 11 is 3.13. The zero-order chi connectivity index (χ0) is 12.3. The van der Waals surface area contributed by atoms with Crippen LogP contribution in [0.15, 0.2) is 45.5 Å². The summed E-state index contributed by atoms with van der Waals surface area (Å²) in [5.41, 5.74) is 0.494. The summed E-state index contributed by atoms with van der Waals surface area (Å²) in [6.45, 7) is 0. The minimum absolute atomic E-state index is 0.0866. The largest absolute Gasteiger partial charge is 0.508 e. The molecule has 0 unspecified atom stereocenters. The van der Waals surface area contributed by atoms with Crippen molar-refractivity contribution in [3.63, 3.8) is 0 Å². The van der Waals surface area contributed by atoms with Crippen LogP contribution in [-0.2, 0) is 0 Å². The van der Waals surface area contributed by atoms with Crippen LogP contribution in [0.5, 0.6) is 5.75 Å². The van der Waals surface area contributed by atoms with E-state index in [9.17, 15) is 9.90 Å². The molecule has 0 atom stereocenters. The van der Waals surface area contributed by atoms with Crippen molar-refractivity contribution in [3.8, 4) is 5.75 Å². The zero-order valence-electron chi connectivity index (χ0n) is 8.61. The van der Waals surface area contributed by atoms with Crippen LogP contribution in [0, 0.1) is 0 Å². The Hall–Kier alpha value is -1.95. The number of phenols is 1. The Balaban J connectivity index is 1.98. The molecule has 17 heavy (non-hydrogen) atoms. The van der Waals surface area contributed by atoms with Gasteiger partial charge < -0.3 is 14.8 Å². The Morgan fingerprint density at radius 3 is 2.71 bits per heavy atom. The summed E-state index contributed by atoms with van der Waals surface area (Å²) in [5, 5.41) is 14.3. The van der Waals surface area contributed by atoms with Crippen LogP contribution in [0.1, 0.15) is 0 Å². The molecule has 1 aromatic heterocycles. The number of furan rings is 1. The van der Waals surface area contributed by atoms with Crippen molar-refractivity contribution in [1.82, 2.24) is 0 Å². The summed E-state index contributed by atoms with van der Waals surface area (Å²) in [6.07, 6.45) is 0. The van der Waals surface area contributed by atoms with E-state index in [2.05, 4.69) is 26.6 Å². The molecule has 0 aliphatic carbocycles. The van der Waals surface area contributed by atoms with Gasteiger partial charge in [0.2, 0.25) is 5.88 Å². The van der Waals surface area contributed by atoms with Gasteiger partial charge in [-0.2, -0.15) is 0 Å². The molecule has 88 valence electrons. The molecule has 2 amide bonds. The van der Waals surface area contributed by atoms with Crippen LogP contribution < -0.4 is 10.6 Å². The molecule has 1 aromatic carbocycles. The predicted octanol–water partition coefficient (Wildman–Crippen LogP) is 3.39. The quantitative estimate of drug-likeness (QED) is 0.795. The minimum Gasteiger partial charge on any atom is -0.508 e. The first-order valence-electron chi connectivity index (χ1n) is 4.76. The SMILES string of the molecule is O=C(Nc1cccc(O)c1)Nc1ccc(Br)o1. The number of carbonyl (C=O) groups excluding carboxylic acids is 1. The fourth-order valence-corrected chi connectivity index (χ4v) is 1.55. The Bertz CT molecular complexity index is 539. The summed E-state index contributed by atoms with van der Waals surface area (Å²) in [5.74, 6) is 0.415. The lowest BCUT2D eigenvalue weighted by atomic mass is 10.3. The van der Waals surface area contributed by atoms with E-state index in [0.717, 1.165) is 0 Å². The number of anilines is 2. The summed E-state index contributed by atoms with van der Waals surface area (Å²) in [4.78, 5) is 11.5. The Morgan fingerprint density at radius 1 is 1.24 bits per heavy atom. The lowest BCUT2D eigenvalue weighted by molar-refractivity contribution is 0.261. The number of nitrogens with one attached hydrogen (secondary N) is 2. The maximum absolute atomic E-state index is 11.5. The molecule has 2 rings (SSSR count). The molecular weight excluding hydrogens is 288 g/mol. The second-order valence-electron chi connectivity index (χ2n) is 3.23. The van der Waals surface area contributed by atoms with Gasteiger partial charge in [-0.15, -0.1) is 0 Å². The van der Waals surface area contributed by atoms with Crippen molar-refractivity contribution < 1.29 is 14.3 Å². The molecule has 5 nitrogen and oxygen atoms in total. The zero-order valence-corrected chi connectivity index (χ0v) is 10.2. The number of amides is 2. The Kier molecular flexibility index (Phi) is 3.34. The van der Waals surface area contributed by atoms with E-state index in [1.807, 2.05) is 0 Å². The fourth-order valence-electron chi connectivity index (χ4n) is 1.24. The number of rotatable bonds is 2. The van der Waals surface area contributed by atoms with Gasteiger partial charge in [-0.05, 0) is 34.1 Å². The predicted molar refractivity (Wildman–Crippen MR) is 67.2 cm³/mol. The molecule has 0 fully saturated rings. The number of phenolic OH excluding ortho intramolecular Hbond substituents is 1. The molecule has 0 aliphatic heterocycles. The lowest BCUT2D eigenvalue weighted by Gasteiger charge is -2.05. The number of aromatic hydroxyl groups is 1. The molecule has 0 bridgehead atoms. The van der Waals surface area contributed by atoms with Gasteiger partial charge in [-0.3, -0.25) is 5.32 Å². The van der Waals surface area contributed by atoms with Crippen LogP contribution in [0.25, 0.3) is 0 Å². The van der Waals surface area contributed by atoms with Crippen molar-refractivity contribution in [3.05, 3.63) is 41.1 Å². The van der Waals surface area contributed by atoms with Gasteiger partial charge in [0.25, 0.3) is 0 Å². The third-order valence-electron chi connectivity index (χ3n) is 1.91. The van der Waals surface area contributed by atoms with E-state index in [4.69, 9.17) is 4.42 Å². The van der Waals surface area contributed by atoms with Crippen LogP contribution in [0.4, 0.5) is 16.4 Å². The highest BCUT2D eigenvalue weighted by Gasteiger charge is 2.05. The highest BCUT2D eigenvalue weighted by atomic mass is 79.9. The second kappa shape index (κ2) is 4.92. The van der Waals surface area contributed by atoms with Crippen molar-refractivity contribution in [2.45, 2.75) is 0 Å². The number of benzene rings is 1. The summed E-state index contributed by atoms with van der Waals surface area (Å²) in [6, 6.07) is 9.10. The van der Waals surface area contributed by atoms with E-state index < -0.39 is 6.03 Å². The minimum atomic E-state index is -0.447. The molecule has 2 aromatic rings. The van der Waals surface area contributed by atoms with E-state index in [1.165, 1.54) is 12.1 Å². The van der Waals surface area contributed by atoms with Gasteiger partial charge in [0.05, 0.1) is 0 Å². The fraction of sp³-hybridized carbons (Fsp3) is 0. The standard InChI is InChI=1S/C11H9BrN2O3/c12-9-4-5-10(17-9)14-11(16)13-7-2-1-3-8(15)6-7/h1-6,15H,(H2,13,14,16). The molecule has 0 spiro atoms. The van der Waals surface area contributed by atoms with Crippen molar-refractivity contribution in [2.75, 3.05) is 10.6 Å². The normalized spacial score (nSPS) is 9.94. The molecule has 6 heteroatoms. The van der Waals surface area contributed by atoms with Crippen LogP contribution in [-0.4, -0.2) is 11.1 Å². The first kappa shape index (κ1) is 11.5. The molecule has 1 heterocycles. The maximum atomic E-state index is 11.5. The summed E-state index contributed by atoms with van der Waals surface area (Å²) in [7, 11) is 0. The van der Waals surface area contributed by atoms with Gasteiger partial charge in [-0.25, -0.2) is 4.79 Å². The Labute approximate surface area is 106 Å². The molecule has 0 radical (unpaired) electrons. The highest BCUT2D eigenvalue weighted by Crippen LogP contribution is 2.19. The average Bonchev–Trinajstić information content (AvgIpc) is 2.63. The average molecular weight is 297 g/mol. The maximum Gasteiger partial charge on any atom is 0.326 e. The van der Waals surface area contributed by atoms with Gasteiger partial charge >= 0.3 is 6.03 Å². The highest BCUT2D eigenvalue weighted by molar-refractivity contribution is 9.10. The summed E-state index contributed by atoms with van der Waals surface area (Å²) < 4.78 is 5.64. The number of hydrogen-bond acceptors (Lipinski definition) is 3. The van der Waals surface area contributed by atoms with Gasteiger partial charge in [0.1, 0.15) is 5.75 Å². The van der Waals surface area contributed by atoms with Crippen molar-refractivity contribution in [2.24, 2.45) is 0 Å². The smallest absolute Gasteiger partial charge is 0.326 e. The van der Waals surface area contributed by atoms with Crippen molar-refractivity contribution >= 4 is 33.5 Å². The third-order valence-corrected chi connectivity index (χ3v) is 2.34. The number of carbonyl (C=O) groups is 1. The first-order valence-corrected chi connectivity index (χ1v) is 5.55. The van der Waals surface area contributed by atoms with Gasteiger partial charge in [0, 0.05) is 17.8 Å².